The summed E-state index contributed by atoms with van der Waals surface area (Å²) >= 11 is 0. The predicted molar refractivity (Wildman–Crippen MR) is 85.0 cm³/mol. The van der Waals surface area contributed by atoms with Crippen LogP contribution in [0.2, 0.25) is 0 Å². The molecular weight excluding hydrogens is 282 g/mol. The summed E-state index contributed by atoms with van der Waals surface area (Å²) in [6.07, 6.45) is 9.22. The summed E-state index contributed by atoms with van der Waals surface area (Å²) in [6, 6.07) is 7.05. The van der Waals surface area contributed by atoms with Crippen LogP contribution in [0.15, 0.2) is 56.9 Å². The fourth-order valence-corrected chi connectivity index (χ4v) is 4.64. The molecule has 1 aliphatic heterocycles. The second-order valence-corrected chi connectivity index (χ2v) is 7.48. The third-order valence-corrected chi connectivity index (χ3v) is 6.17. The van der Waals surface area contributed by atoms with Crippen LogP contribution in [-0.4, -0.2) is 14.6 Å². The molecule has 2 aliphatic rings. The summed E-state index contributed by atoms with van der Waals surface area (Å²) in [4.78, 5) is 4.94. The highest BCUT2D eigenvalue weighted by Crippen LogP contribution is 2.36. The maximum Gasteiger partial charge on any atom is 0.209 e. The summed E-state index contributed by atoms with van der Waals surface area (Å²) in [6.45, 7) is 2.16. The van der Waals surface area contributed by atoms with Gasteiger partial charge in [-0.1, -0.05) is 37.6 Å². The molecule has 0 bridgehead atoms. The van der Waals surface area contributed by atoms with Gasteiger partial charge in [0.2, 0.25) is 9.84 Å². The van der Waals surface area contributed by atoms with Crippen molar-refractivity contribution in [1.29, 1.82) is 0 Å². The van der Waals surface area contributed by atoms with Crippen molar-refractivity contribution in [2.75, 3.05) is 0 Å². The van der Waals surface area contributed by atoms with Crippen molar-refractivity contribution < 1.29 is 8.42 Å². The molecule has 0 fully saturated rings. The van der Waals surface area contributed by atoms with Gasteiger partial charge < -0.3 is 0 Å². The molecule has 1 aromatic rings. The summed E-state index contributed by atoms with van der Waals surface area (Å²) in [5.41, 5.74) is 1.59. The number of hydrogen-bond acceptors (Lipinski definition) is 3. The molecule has 0 N–H and O–H groups in total. The molecule has 110 valence electrons. The minimum atomic E-state index is -3.48. The van der Waals surface area contributed by atoms with Crippen molar-refractivity contribution in [3.05, 3.63) is 52.6 Å². The second kappa shape index (κ2) is 5.60. The van der Waals surface area contributed by atoms with Crippen molar-refractivity contribution in [2.45, 2.75) is 37.5 Å². The van der Waals surface area contributed by atoms with E-state index in [1.165, 1.54) is 6.20 Å². The zero-order valence-corrected chi connectivity index (χ0v) is 12.9. The molecule has 0 saturated carbocycles. The molecule has 3 nitrogen and oxygen atoms in total. The zero-order chi connectivity index (χ0) is 14.9. The van der Waals surface area contributed by atoms with Gasteiger partial charge in [-0.2, -0.15) is 0 Å². The Bertz CT molecular complexity index is 742. The molecule has 0 saturated heterocycles. The first-order chi connectivity index (χ1) is 10.1. The van der Waals surface area contributed by atoms with Crippen LogP contribution in [0, 0.1) is 5.92 Å². The van der Waals surface area contributed by atoms with Gasteiger partial charge in [0, 0.05) is 18.0 Å². The standard InChI is InChI=1S/C17H19NO2S/c1-2-13-6-5-8-14(10-13)17-12-18-11-15-7-3-4-9-16(15)21(17,19)20/h3-4,7-9,11-13H,2,5-6,10H2,1H3. The largest absolute Gasteiger partial charge is 0.263 e. The highest BCUT2D eigenvalue weighted by Gasteiger charge is 2.29. The van der Waals surface area contributed by atoms with Crippen LogP contribution in [0.1, 0.15) is 38.2 Å². The lowest BCUT2D eigenvalue weighted by Gasteiger charge is -2.22. The average Bonchev–Trinajstić information content (AvgIpc) is 2.64. The van der Waals surface area contributed by atoms with Crippen molar-refractivity contribution in [2.24, 2.45) is 10.9 Å². The SMILES string of the molecule is CCC1CCC=C(C2=CN=Cc3ccccc3S2(=O)=O)C1. The first-order valence-corrected chi connectivity index (χ1v) is 8.88. The van der Waals surface area contributed by atoms with E-state index >= 15 is 0 Å². The molecule has 1 unspecified atom stereocenters. The zero-order valence-electron chi connectivity index (χ0n) is 12.1. The number of benzene rings is 1. The highest BCUT2D eigenvalue weighted by molar-refractivity contribution is 7.95. The van der Waals surface area contributed by atoms with Crippen LogP contribution in [0.25, 0.3) is 0 Å². The van der Waals surface area contributed by atoms with Gasteiger partial charge in [-0.15, -0.1) is 0 Å². The van der Waals surface area contributed by atoms with Crippen molar-refractivity contribution in [3.63, 3.8) is 0 Å². The Labute approximate surface area is 126 Å². The molecule has 1 heterocycles. The van der Waals surface area contributed by atoms with Gasteiger partial charge in [0.1, 0.15) is 0 Å². The summed E-state index contributed by atoms with van der Waals surface area (Å²) in [7, 11) is -3.48. The number of sulfone groups is 1. The van der Waals surface area contributed by atoms with Crippen LogP contribution in [0.5, 0.6) is 0 Å². The quantitative estimate of drug-likeness (QED) is 0.832. The third kappa shape index (κ3) is 2.60. The summed E-state index contributed by atoms with van der Waals surface area (Å²) < 4.78 is 25.9. The molecule has 1 aromatic carbocycles. The number of allylic oxidation sites excluding steroid dienone is 2. The molecule has 21 heavy (non-hydrogen) atoms. The van der Waals surface area contributed by atoms with E-state index in [0.717, 1.165) is 31.3 Å². The molecule has 0 spiro atoms. The van der Waals surface area contributed by atoms with Gasteiger partial charge in [-0.05, 0) is 36.8 Å². The second-order valence-electron chi connectivity index (χ2n) is 5.60. The maximum atomic E-state index is 12.9. The average molecular weight is 301 g/mol. The van der Waals surface area contributed by atoms with E-state index in [2.05, 4.69) is 18.0 Å². The first kappa shape index (κ1) is 14.3. The normalized spacial score (nSPS) is 23.8. The minimum Gasteiger partial charge on any atom is -0.263 e. The van der Waals surface area contributed by atoms with Crippen LogP contribution >= 0.6 is 0 Å². The maximum absolute atomic E-state index is 12.9. The monoisotopic (exact) mass is 301 g/mol. The van der Waals surface area contributed by atoms with E-state index in [0.29, 0.717) is 21.3 Å². The van der Waals surface area contributed by atoms with Crippen LogP contribution in [0.4, 0.5) is 0 Å². The van der Waals surface area contributed by atoms with Crippen LogP contribution in [0.3, 0.4) is 0 Å². The van der Waals surface area contributed by atoms with Crippen molar-refractivity contribution in [3.8, 4) is 0 Å². The molecule has 4 heteroatoms. The first-order valence-electron chi connectivity index (χ1n) is 7.40. The Balaban J connectivity index is 2.07. The van der Waals surface area contributed by atoms with E-state index in [9.17, 15) is 8.42 Å². The Morgan fingerprint density at radius 1 is 1.29 bits per heavy atom. The number of aliphatic imine (C=N–C) groups is 1. The molecule has 0 amide bonds. The lowest BCUT2D eigenvalue weighted by molar-refractivity contribution is 0.455. The van der Waals surface area contributed by atoms with Gasteiger partial charge >= 0.3 is 0 Å². The van der Waals surface area contributed by atoms with Gasteiger partial charge in [0.05, 0.1) is 9.80 Å². The smallest absolute Gasteiger partial charge is 0.209 e. The topological polar surface area (TPSA) is 46.5 Å². The lowest BCUT2D eigenvalue weighted by atomic mass is 9.87. The van der Waals surface area contributed by atoms with Crippen LogP contribution in [-0.2, 0) is 9.84 Å². The van der Waals surface area contributed by atoms with Gasteiger partial charge in [-0.25, -0.2) is 8.42 Å². The van der Waals surface area contributed by atoms with E-state index in [1.807, 2.05) is 6.07 Å². The van der Waals surface area contributed by atoms with E-state index in [-0.39, 0.29) is 0 Å². The number of rotatable bonds is 2. The van der Waals surface area contributed by atoms with Gasteiger partial charge in [0.25, 0.3) is 0 Å². The predicted octanol–water partition coefficient (Wildman–Crippen LogP) is 3.87. The molecule has 0 aromatic heterocycles. The fourth-order valence-electron chi connectivity index (χ4n) is 3.00. The Kier molecular flexibility index (Phi) is 3.81. The molecular formula is C17H19NO2S. The van der Waals surface area contributed by atoms with Crippen LogP contribution < -0.4 is 0 Å². The summed E-state index contributed by atoms with van der Waals surface area (Å²) in [5.74, 6) is 0.573. The van der Waals surface area contributed by atoms with Crippen molar-refractivity contribution in [1.82, 2.24) is 0 Å². The lowest BCUT2D eigenvalue weighted by Crippen LogP contribution is -2.13. The van der Waals surface area contributed by atoms with E-state index < -0.39 is 9.84 Å². The molecule has 3 rings (SSSR count). The summed E-state index contributed by atoms with van der Waals surface area (Å²) in [5, 5.41) is 0. The molecule has 1 atom stereocenters. The Morgan fingerprint density at radius 2 is 2.10 bits per heavy atom. The Morgan fingerprint density at radius 3 is 2.90 bits per heavy atom. The third-order valence-electron chi connectivity index (χ3n) is 4.27. The molecule has 0 radical (unpaired) electrons. The number of fused-ring (bicyclic) bond motifs is 1. The van der Waals surface area contributed by atoms with E-state index in [4.69, 9.17) is 0 Å². The van der Waals surface area contributed by atoms with E-state index in [1.54, 1.807) is 24.4 Å². The van der Waals surface area contributed by atoms with Gasteiger partial charge in [-0.3, -0.25) is 4.99 Å². The fraction of sp³-hybridized carbons (Fsp3) is 0.353. The number of hydrogen-bond donors (Lipinski definition) is 0. The highest BCUT2D eigenvalue weighted by atomic mass is 32.2. The Hall–Kier alpha value is -1.68. The van der Waals surface area contributed by atoms with Gasteiger partial charge in [0.15, 0.2) is 0 Å². The number of nitrogens with zero attached hydrogens (tertiary/aromatic N) is 1. The molecule has 1 aliphatic carbocycles. The van der Waals surface area contributed by atoms with Crippen molar-refractivity contribution >= 4 is 16.1 Å². The minimum absolute atomic E-state index is 0.358.